The first kappa shape index (κ1) is 14.8. The monoisotopic (exact) mass is 263 g/mol. The van der Waals surface area contributed by atoms with Crippen molar-refractivity contribution in [3.8, 4) is 5.75 Å². The van der Waals surface area contributed by atoms with E-state index in [0.717, 1.165) is 0 Å². The van der Waals surface area contributed by atoms with Crippen LogP contribution < -0.4 is 10.1 Å². The van der Waals surface area contributed by atoms with Gasteiger partial charge in [0.1, 0.15) is 5.75 Å². The second-order valence-electron chi connectivity index (χ2n) is 3.70. The van der Waals surface area contributed by atoms with Crippen LogP contribution in [0.3, 0.4) is 0 Å². The number of para-hydroxylation sites is 1. The van der Waals surface area contributed by atoms with Crippen molar-refractivity contribution in [1.29, 1.82) is 0 Å². The summed E-state index contributed by atoms with van der Waals surface area (Å²) in [6.07, 6.45) is -4.31. The van der Waals surface area contributed by atoms with Crippen LogP contribution in [-0.2, 0) is 0 Å². The number of nitrogens with one attached hydrogen (secondary N) is 1. The average Bonchev–Trinajstić information content (AvgIpc) is 2.31. The minimum absolute atomic E-state index is 0.411. The first-order chi connectivity index (χ1) is 8.48. The summed E-state index contributed by atoms with van der Waals surface area (Å²) >= 11 is 0. The highest BCUT2D eigenvalue weighted by molar-refractivity contribution is 5.36. The fraction of sp³-hybridized carbons (Fsp3) is 0.500. The quantitative estimate of drug-likeness (QED) is 0.827. The summed E-state index contributed by atoms with van der Waals surface area (Å²) in [4.78, 5) is 0. The molecule has 1 unspecified atom stereocenters. The van der Waals surface area contributed by atoms with Gasteiger partial charge in [-0.1, -0.05) is 18.2 Å². The van der Waals surface area contributed by atoms with E-state index in [0.29, 0.717) is 17.9 Å². The highest BCUT2D eigenvalue weighted by atomic mass is 19.4. The number of hydrogen-bond acceptors (Lipinski definition) is 3. The lowest BCUT2D eigenvalue weighted by Crippen LogP contribution is -2.34. The molecule has 0 bridgehead atoms. The molecular formula is C12H16F3NO2. The van der Waals surface area contributed by atoms with Crippen molar-refractivity contribution in [2.75, 3.05) is 19.8 Å². The van der Waals surface area contributed by atoms with Gasteiger partial charge < -0.3 is 9.84 Å². The number of ether oxygens (including phenoxy) is 1. The van der Waals surface area contributed by atoms with Gasteiger partial charge in [0, 0.05) is 5.56 Å². The molecule has 1 aromatic carbocycles. The summed E-state index contributed by atoms with van der Waals surface area (Å²) < 4.78 is 41.7. The van der Waals surface area contributed by atoms with Crippen LogP contribution in [0, 0.1) is 0 Å². The van der Waals surface area contributed by atoms with Crippen molar-refractivity contribution in [3.63, 3.8) is 0 Å². The third-order valence-electron chi connectivity index (χ3n) is 2.33. The van der Waals surface area contributed by atoms with Crippen molar-refractivity contribution in [2.45, 2.75) is 19.1 Å². The van der Waals surface area contributed by atoms with E-state index in [1.54, 1.807) is 31.2 Å². The summed E-state index contributed by atoms with van der Waals surface area (Å²) in [5.41, 5.74) is 0.520. The average molecular weight is 263 g/mol. The fourth-order valence-corrected chi connectivity index (χ4v) is 1.57. The number of rotatable bonds is 6. The molecule has 0 aliphatic carbocycles. The van der Waals surface area contributed by atoms with Gasteiger partial charge >= 0.3 is 6.18 Å². The van der Waals surface area contributed by atoms with E-state index in [2.05, 4.69) is 5.32 Å². The Hall–Kier alpha value is -1.27. The zero-order valence-corrected chi connectivity index (χ0v) is 10.00. The fourth-order valence-electron chi connectivity index (χ4n) is 1.57. The second-order valence-corrected chi connectivity index (χ2v) is 3.70. The van der Waals surface area contributed by atoms with E-state index >= 15 is 0 Å². The molecule has 0 aliphatic rings. The third-order valence-corrected chi connectivity index (χ3v) is 2.33. The molecule has 0 fully saturated rings. The van der Waals surface area contributed by atoms with Gasteiger partial charge in [-0.05, 0) is 13.0 Å². The molecule has 6 heteroatoms. The summed E-state index contributed by atoms with van der Waals surface area (Å²) in [6.45, 7) is 0.612. The van der Waals surface area contributed by atoms with E-state index in [-0.39, 0.29) is 0 Å². The zero-order valence-electron chi connectivity index (χ0n) is 10.00. The predicted octanol–water partition coefficient (Wildman–Crippen LogP) is 2.27. The molecule has 0 saturated heterocycles. The summed E-state index contributed by atoms with van der Waals surface area (Å²) in [5.74, 6) is 0.480. The van der Waals surface area contributed by atoms with Gasteiger partial charge in [-0.2, -0.15) is 13.2 Å². The molecule has 0 aromatic heterocycles. The molecule has 0 heterocycles. The molecule has 2 N–H and O–H groups in total. The number of hydrogen-bond donors (Lipinski definition) is 2. The van der Waals surface area contributed by atoms with E-state index in [1.807, 2.05) is 0 Å². The Morgan fingerprint density at radius 2 is 2.00 bits per heavy atom. The van der Waals surface area contributed by atoms with Crippen LogP contribution in [0.1, 0.15) is 18.5 Å². The van der Waals surface area contributed by atoms with E-state index in [4.69, 9.17) is 4.74 Å². The molecule has 1 rings (SSSR count). The maximum Gasteiger partial charge on any atom is 0.401 e. The van der Waals surface area contributed by atoms with Gasteiger partial charge in [0.2, 0.25) is 0 Å². The second kappa shape index (κ2) is 6.61. The topological polar surface area (TPSA) is 41.5 Å². The Kier molecular flexibility index (Phi) is 5.43. The molecule has 0 aliphatic heterocycles. The van der Waals surface area contributed by atoms with Gasteiger partial charge in [-0.15, -0.1) is 0 Å². The Morgan fingerprint density at radius 1 is 1.33 bits per heavy atom. The first-order valence-corrected chi connectivity index (χ1v) is 5.60. The van der Waals surface area contributed by atoms with Crippen LogP contribution in [0.15, 0.2) is 24.3 Å². The van der Waals surface area contributed by atoms with Crippen molar-refractivity contribution in [2.24, 2.45) is 0 Å². The molecule has 0 spiro atoms. The highest BCUT2D eigenvalue weighted by Crippen LogP contribution is 2.25. The van der Waals surface area contributed by atoms with Crippen LogP contribution >= 0.6 is 0 Å². The maximum atomic E-state index is 12.1. The molecule has 3 nitrogen and oxygen atoms in total. The lowest BCUT2D eigenvalue weighted by atomic mass is 10.1. The molecule has 0 amide bonds. The molecule has 0 saturated carbocycles. The Morgan fingerprint density at radius 3 is 2.56 bits per heavy atom. The minimum atomic E-state index is -4.31. The zero-order chi connectivity index (χ0) is 13.6. The van der Waals surface area contributed by atoms with Gasteiger partial charge in [0.15, 0.2) is 0 Å². The van der Waals surface area contributed by atoms with E-state index in [1.165, 1.54) is 0 Å². The van der Waals surface area contributed by atoms with Crippen LogP contribution in [0.25, 0.3) is 0 Å². The Balaban J connectivity index is 2.81. The molecule has 102 valence electrons. The van der Waals surface area contributed by atoms with Crippen molar-refractivity contribution < 1.29 is 23.0 Å². The van der Waals surface area contributed by atoms with Gasteiger partial charge in [0.25, 0.3) is 0 Å². The summed E-state index contributed by atoms with van der Waals surface area (Å²) in [7, 11) is 0. The number of halogens is 3. The molecule has 0 radical (unpaired) electrons. The smallest absolute Gasteiger partial charge is 0.401 e. The van der Waals surface area contributed by atoms with Crippen molar-refractivity contribution >= 4 is 0 Å². The lowest BCUT2D eigenvalue weighted by Gasteiger charge is -2.20. The third kappa shape index (κ3) is 4.54. The van der Waals surface area contributed by atoms with Gasteiger partial charge in [0.05, 0.1) is 25.8 Å². The van der Waals surface area contributed by atoms with Gasteiger partial charge in [-0.25, -0.2) is 0 Å². The normalized spacial score (nSPS) is 13.4. The van der Waals surface area contributed by atoms with E-state index < -0.39 is 25.4 Å². The Bertz CT molecular complexity index is 369. The number of aliphatic hydroxyl groups is 1. The number of alkyl halides is 3. The standard InChI is InChI=1S/C12H16F3NO2/c1-2-18-11-6-4-3-5-9(11)10(7-17)16-8-12(13,14)15/h3-6,10,16-17H,2,7-8H2,1H3. The summed E-state index contributed by atoms with van der Waals surface area (Å²) in [6, 6.07) is 5.92. The van der Waals surface area contributed by atoms with Gasteiger partial charge in [-0.3, -0.25) is 5.32 Å². The highest BCUT2D eigenvalue weighted by Gasteiger charge is 2.28. The van der Waals surface area contributed by atoms with Crippen LogP contribution in [-0.4, -0.2) is 31.0 Å². The molecule has 1 atom stereocenters. The molecular weight excluding hydrogens is 247 g/mol. The molecule has 1 aromatic rings. The first-order valence-electron chi connectivity index (χ1n) is 5.60. The predicted molar refractivity (Wildman–Crippen MR) is 61.5 cm³/mol. The Labute approximate surface area is 104 Å². The number of aliphatic hydroxyl groups excluding tert-OH is 1. The maximum absolute atomic E-state index is 12.1. The van der Waals surface area contributed by atoms with E-state index in [9.17, 15) is 18.3 Å². The SMILES string of the molecule is CCOc1ccccc1C(CO)NCC(F)(F)F. The number of benzene rings is 1. The van der Waals surface area contributed by atoms with Crippen molar-refractivity contribution in [3.05, 3.63) is 29.8 Å². The van der Waals surface area contributed by atoms with Crippen molar-refractivity contribution in [1.82, 2.24) is 5.32 Å². The van der Waals surface area contributed by atoms with Crippen LogP contribution in [0.4, 0.5) is 13.2 Å². The lowest BCUT2D eigenvalue weighted by molar-refractivity contribution is -0.126. The minimum Gasteiger partial charge on any atom is -0.494 e. The summed E-state index contributed by atoms with van der Waals surface area (Å²) in [5, 5.41) is 11.5. The van der Waals surface area contributed by atoms with Crippen LogP contribution in [0.2, 0.25) is 0 Å². The largest absolute Gasteiger partial charge is 0.494 e. The van der Waals surface area contributed by atoms with Crippen LogP contribution in [0.5, 0.6) is 5.75 Å². The molecule has 18 heavy (non-hydrogen) atoms.